The summed E-state index contributed by atoms with van der Waals surface area (Å²) in [6, 6.07) is 9.56. The minimum absolute atomic E-state index is 0.206. The molecule has 0 spiro atoms. The molecule has 1 unspecified atom stereocenters. The Hall–Kier alpha value is -1.39. The lowest BCUT2D eigenvalue weighted by Gasteiger charge is -2.13. The predicted molar refractivity (Wildman–Crippen MR) is 63.5 cm³/mol. The standard InChI is InChI=1S/C13H18O4/c1-15-10-12(16-2)8-13(14)17-9-11-6-4-3-5-7-11/h3-7,12H,8-10H2,1-2H3. The fourth-order valence-electron chi connectivity index (χ4n) is 1.38. The Morgan fingerprint density at radius 1 is 1.24 bits per heavy atom. The van der Waals surface area contributed by atoms with Crippen molar-refractivity contribution in [3.63, 3.8) is 0 Å². The topological polar surface area (TPSA) is 44.8 Å². The van der Waals surface area contributed by atoms with Gasteiger partial charge in [-0.1, -0.05) is 30.3 Å². The summed E-state index contributed by atoms with van der Waals surface area (Å²) in [5.41, 5.74) is 0.974. The maximum atomic E-state index is 11.5. The van der Waals surface area contributed by atoms with Crippen molar-refractivity contribution in [1.29, 1.82) is 0 Å². The Bertz CT molecular complexity index is 323. The Kier molecular flexibility index (Phi) is 6.29. The fourth-order valence-corrected chi connectivity index (χ4v) is 1.38. The quantitative estimate of drug-likeness (QED) is 0.679. The number of hydrogen-bond donors (Lipinski definition) is 0. The van der Waals surface area contributed by atoms with Crippen LogP contribution in [0.2, 0.25) is 0 Å². The lowest BCUT2D eigenvalue weighted by atomic mass is 10.2. The van der Waals surface area contributed by atoms with E-state index in [0.717, 1.165) is 5.56 Å². The van der Waals surface area contributed by atoms with Gasteiger partial charge >= 0.3 is 5.97 Å². The highest BCUT2D eigenvalue weighted by Gasteiger charge is 2.13. The van der Waals surface area contributed by atoms with Gasteiger partial charge in [-0.15, -0.1) is 0 Å². The van der Waals surface area contributed by atoms with Gasteiger partial charge in [0.1, 0.15) is 6.61 Å². The second-order valence-electron chi connectivity index (χ2n) is 3.66. The van der Waals surface area contributed by atoms with Crippen molar-refractivity contribution in [1.82, 2.24) is 0 Å². The summed E-state index contributed by atoms with van der Waals surface area (Å²) in [4.78, 5) is 11.5. The van der Waals surface area contributed by atoms with Crippen LogP contribution in [0.3, 0.4) is 0 Å². The highest BCUT2D eigenvalue weighted by atomic mass is 16.5. The number of hydrogen-bond acceptors (Lipinski definition) is 4. The average Bonchev–Trinajstić information content (AvgIpc) is 2.37. The Balaban J connectivity index is 2.30. The third kappa shape index (κ3) is 5.47. The fraction of sp³-hybridized carbons (Fsp3) is 0.462. The Labute approximate surface area is 101 Å². The van der Waals surface area contributed by atoms with Gasteiger partial charge < -0.3 is 14.2 Å². The van der Waals surface area contributed by atoms with Crippen LogP contribution in [-0.4, -0.2) is 32.9 Å². The molecule has 0 heterocycles. The van der Waals surface area contributed by atoms with E-state index >= 15 is 0 Å². The Morgan fingerprint density at radius 3 is 2.53 bits per heavy atom. The van der Waals surface area contributed by atoms with Crippen molar-refractivity contribution in [2.45, 2.75) is 19.1 Å². The molecule has 1 aromatic rings. The first-order valence-corrected chi connectivity index (χ1v) is 5.47. The molecule has 0 aliphatic heterocycles. The molecule has 0 bridgehead atoms. The molecule has 0 fully saturated rings. The first-order chi connectivity index (χ1) is 8.26. The van der Waals surface area contributed by atoms with Gasteiger partial charge in [-0.05, 0) is 5.56 Å². The van der Waals surface area contributed by atoms with Crippen molar-refractivity contribution in [2.75, 3.05) is 20.8 Å². The maximum Gasteiger partial charge on any atom is 0.308 e. The van der Waals surface area contributed by atoms with E-state index in [1.807, 2.05) is 30.3 Å². The van der Waals surface area contributed by atoms with Gasteiger partial charge in [-0.3, -0.25) is 4.79 Å². The van der Waals surface area contributed by atoms with Crippen LogP contribution in [0.4, 0.5) is 0 Å². The summed E-state index contributed by atoms with van der Waals surface area (Å²) in [6.07, 6.45) is -0.0414. The average molecular weight is 238 g/mol. The molecule has 1 atom stereocenters. The summed E-state index contributed by atoms with van der Waals surface area (Å²) in [5.74, 6) is -0.280. The van der Waals surface area contributed by atoms with Crippen LogP contribution < -0.4 is 0 Å². The van der Waals surface area contributed by atoms with Crippen LogP contribution in [-0.2, 0) is 25.6 Å². The van der Waals surface area contributed by atoms with E-state index in [-0.39, 0.29) is 18.5 Å². The van der Waals surface area contributed by atoms with Gasteiger partial charge in [-0.25, -0.2) is 0 Å². The number of methoxy groups -OCH3 is 2. The highest BCUT2D eigenvalue weighted by Crippen LogP contribution is 2.04. The second-order valence-corrected chi connectivity index (χ2v) is 3.66. The molecule has 0 aromatic heterocycles. The first-order valence-electron chi connectivity index (χ1n) is 5.47. The predicted octanol–water partition coefficient (Wildman–Crippen LogP) is 1.78. The molecular weight excluding hydrogens is 220 g/mol. The lowest BCUT2D eigenvalue weighted by molar-refractivity contribution is -0.148. The number of rotatable bonds is 7. The van der Waals surface area contributed by atoms with Crippen LogP contribution in [0.1, 0.15) is 12.0 Å². The van der Waals surface area contributed by atoms with E-state index in [4.69, 9.17) is 14.2 Å². The molecule has 0 aliphatic rings. The largest absolute Gasteiger partial charge is 0.461 e. The highest BCUT2D eigenvalue weighted by molar-refractivity contribution is 5.70. The van der Waals surface area contributed by atoms with Gasteiger partial charge in [0.25, 0.3) is 0 Å². The molecule has 0 saturated carbocycles. The number of carbonyl (C=O) groups excluding carboxylic acids is 1. The number of ether oxygens (including phenoxy) is 3. The minimum atomic E-state index is -0.280. The molecule has 4 heteroatoms. The summed E-state index contributed by atoms with van der Waals surface area (Å²) < 4.78 is 15.1. The lowest BCUT2D eigenvalue weighted by Crippen LogP contribution is -2.22. The van der Waals surface area contributed by atoms with E-state index in [1.54, 1.807) is 14.2 Å². The van der Waals surface area contributed by atoms with E-state index < -0.39 is 0 Å². The second kappa shape index (κ2) is 7.81. The normalized spacial score (nSPS) is 12.1. The van der Waals surface area contributed by atoms with Crippen molar-refractivity contribution in [2.24, 2.45) is 0 Å². The van der Waals surface area contributed by atoms with Crippen molar-refractivity contribution in [3.8, 4) is 0 Å². The number of benzene rings is 1. The molecule has 94 valence electrons. The monoisotopic (exact) mass is 238 g/mol. The zero-order chi connectivity index (χ0) is 12.5. The molecule has 17 heavy (non-hydrogen) atoms. The van der Waals surface area contributed by atoms with Crippen molar-refractivity contribution in [3.05, 3.63) is 35.9 Å². The van der Waals surface area contributed by atoms with Crippen molar-refractivity contribution >= 4 is 5.97 Å². The van der Waals surface area contributed by atoms with E-state index in [9.17, 15) is 4.79 Å². The summed E-state index contributed by atoms with van der Waals surface area (Å²) >= 11 is 0. The van der Waals surface area contributed by atoms with E-state index in [2.05, 4.69) is 0 Å². The zero-order valence-electron chi connectivity index (χ0n) is 10.2. The minimum Gasteiger partial charge on any atom is -0.461 e. The zero-order valence-corrected chi connectivity index (χ0v) is 10.2. The van der Waals surface area contributed by atoms with Gasteiger partial charge in [0.2, 0.25) is 0 Å². The summed E-state index contributed by atoms with van der Waals surface area (Å²) in [5, 5.41) is 0. The Morgan fingerprint density at radius 2 is 1.94 bits per heavy atom. The maximum absolute atomic E-state index is 11.5. The van der Waals surface area contributed by atoms with Crippen LogP contribution in [0.5, 0.6) is 0 Å². The molecule has 4 nitrogen and oxygen atoms in total. The van der Waals surface area contributed by atoms with Crippen LogP contribution >= 0.6 is 0 Å². The van der Waals surface area contributed by atoms with Gasteiger partial charge in [0.15, 0.2) is 0 Å². The van der Waals surface area contributed by atoms with Gasteiger partial charge in [0.05, 0.1) is 19.1 Å². The molecule has 0 aliphatic carbocycles. The van der Waals surface area contributed by atoms with Crippen molar-refractivity contribution < 1.29 is 19.0 Å². The molecule has 0 saturated heterocycles. The third-order valence-corrected chi connectivity index (χ3v) is 2.32. The molecule has 0 amide bonds. The van der Waals surface area contributed by atoms with Crippen LogP contribution in [0, 0.1) is 0 Å². The van der Waals surface area contributed by atoms with Gasteiger partial charge in [-0.2, -0.15) is 0 Å². The van der Waals surface area contributed by atoms with Crippen LogP contribution in [0.25, 0.3) is 0 Å². The summed E-state index contributed by atoms with van der Waals surface area (Å²) in [7, 11) is 3.12. The molecular formula is C13H18O4. The molecule has 1 rings (SSSR count). The molecule has 1 aromatic carbocycles. The number of esters is 1. The third-order valence-electron chi connectivity index (χ3n) is 2.32. The SMILES string of the molecule is COCC(CC(=O)OCc1ccccc1)OC. The smallest absolute Gasteiger partial charge is 0.308 e. The van der Waals surface area contributed by atoms with E-state index in [1.165, 1.54) is 0 Å². The van der Waals surface area contributed by atoms with Crippen LogP contribution in [0.15, 0.2) is 30.3 Å². The number of carbonyl (C=O) groups is 1. The molecule has 0 N–H and O–H groups in total. The van der Waals surface area contributed by atoms with Gasteiger partial charge in [0, 0.05) is 14.2 Å². The molecule has 0 radical (unpaired) electrons. The first kappa shape index (κ1) is 13.7. The van der Waals surface area contributed by atoms with E-state index in [0.29, 0.717) is 13.2 Å². The summed E-state index contributed by atoms with van der Waals surface area (Å²) in [6.45, 7) is 0.681.